The summed E-state index contributed by atoms with van der Waals surface area (Å²) in [5.74, 6) is -13.2. The quantitative estimate of drug-likeness (QED) is 0.187. The highest BCUT2D eigenvalue weighted by Gasteiger charge is 2.61. The summed E-state index contributed by atoms with van der Waals surface area (Å²) in [6, 6.07) is 19.5. The number of alkyl halides is 4. The lowest BCUT2D eigenvalue weighted by Gasteiger charge is -2.30. The fourth-order valence-electron chi connectivity index (χ4n) is 3.47. The molecule has 3 rings (SSSR count). The van der Waals surface area contributed by atoms with Crippen LogP contribution in [0.1, 0.15) is 46.8 Å². The molecule has 0 saturated heterocycles. The van der Waals surface area contributed by atoms with Gasteiger partial charge in [0.1, 0.15) is 12.4 Å². The van der Waals surface area contributed by atoms with Crippen LogP contribution in [0, 0.1) is 0 Å². The standard InChI is InChI=1S/C27H24F4O4/c1-3-34-22-14-12-19(13-15-22)23(27(30,31)26(2,28)29)25(33)35-17-18-8-7-11-21(16-18)24(32)20-9-5-4-6-10-20/h4-16,23H,3,17H2,1-2H3. The summed E-state index contributed by atoms with van der Waals surface area (Å²) in [5, 5.41) is 0. The molecule has 0 heterocycles. The van der Waals surface area contributed by atoms with Gasteiger partial charge in [-0.3, -0.25) is 9.59 Å². The molecule has 184 valence electrons. The fraction of sp³-hybridized carbons (Fsp3) is 0.259. The number of hydrogen-bond acceptors (Lipinski definition) is 4. The molecular formula is C27H24F4O4. The highest BCUT2D eigenvalue weighted by Crippen LogP contribution is 2.45. The van der Waals surface area contributed by atoms with E-state index in [1.807, 2.05) is 0 Å². The van der Waals surface area contributed by atoms with Crippen molar-refractivity contribution in [2.24, 2.45) is 0 Å². The molecule has 1 atom stereocenters. The van der Waals surface area contributed by atoms with E-state index in [4.69, 9.17) is 9.47 Å². The third kappa shape index (κ3) is 6.07. The monoisotopic (exact) mass is 488 g/mol. The number of esters is 1. The second-order valence-electron chi connectivity index (χ2n) is 7.95. The molecular weight excluding hydrogens is 464 g/mol. The van der Waals surface area contributed by atoms with Gasteiger partial charge in [0, 0.05) is 18.1 Å². The number of ether oxygens (including phenoxy) is 2. The zero-order valence-electron chi connectivity index (χ0n) is 19.1. The molecule has 0 N–H and O–H groups in total. The molecule has 0 spiro atoms. The summed E-state index contributed by atoms with van der Waals surface area (Å²) in [6.45, 7) is 1.62. The van der Waals surface area contributed by atoms with E-state index in [1.54, 1.807) is 49.4 Å². The molecule has 1 unspecified atom stereocenters. The van der Waals surface area contributed by atoms with E-state index >= 15 is 0 Å². The summed E-state index contributed by atoms with van der Waals surface area (Å²) in [7, 11) is 0. The van der Waals surface area contributed by atoms with Gasteiger partial charge in [-0.25, -0.2) is 8.78 Å². The maximum Gasteiger partial charge on any atom is 0.327 e. The van der Waals surface area contributed by atoms with Crippen molar-refractivity contribution in [2.45, 2.75) is 38.2 Å². The van der Waals surface area contributed by atoms with Crippen molar-refractivity contribution >= 4 is 11.8 Å². The van der Waals surface area contributed by atoms with Crippen LogP contribution in [0.5, 0.6) is 5.75 Å². The summed E-state index contributed by atoms with van der Waals surface area (Å²) in [4.78, 5) is 25.4. The minimum Gasteiger partial charge on any atom is -0.494 e. The Morgan fingerprint density at radius 3 is 2.09 bits per heavy atom. The summed E-state index contributed by atoms with van der Waals surface area (Å²) in [5.41, 5.74) is 0.760. The van der Waals surface area contributed by atoms with Crippen molar-refractivity contribution in [3.8, 4) is 5.75 Å². The highest BCUT2D eigenvalue weighted by molar-refractivity contribution is 6.09. The van der Waals surface area contributed by atoms with Gasteiger partial charge in [0.15, 0.2) is 11.7 Å². The van der Waals surface area contributed by atoms with Gasteiger partial charge >= 0.3 is 17.8 Å². The van der Waals surface area contributed by atoms with Crippen LogP contribution < -0.4 is 4.74 Å². The third-order valence-electron chi connectivity index (χ3n) is 5.31. The lowest BCUT2D eigenvalue weighted by molar-refractivity contribution is -0.218. The summed E-state index contributed by atoms with van der Waals surface area (Å²) < 4.78 is 67.4. The molecule has 0 radical (unpaired) electrons. The normalized spacial score (nSPS) is 12.6. The number of benzene rings is 3. The van der Waals surface area contributed by atoms with Gasteiger partial charge in [0.05, 0.1) is 6.61 Å². The minimum absolute atomic E-state index is 0.0561. The number of halogens is 4. The van der Waals surface area contributed by atoms with Crippen LogP contribution in [-0.4, -0.2) is 30.2 Å². The molecule has 3 aromatic rings. The number of carbonyl (C=O) groups excluding carboxylic acids is 2. The Kier molecular flexibility index (Phi) is 7.94. The topological polar surface area (TPSA) is 52.6 Å². The van der Waals surface area contributed by atoms with Crippen molar-refractivity contribution in [3.05, 3.63) is 101 Å². The molecule has 3 aromatic carbocycles. The number of rotatable bonds is 10. The van der Waals surface area contributed by atoms with Crippen LogP contribution >= 0.6 is 0 Å². The van der Waals surface area contributed by atoms with Crippen molar-refractivity contribution in [3.63, 3.8) is 0 Å². The van der Waals surface area contributed by atoms with E-state index in [-0.39, 0.29) is 18.3 Å². The molecule has 0 aliphatic carbocycles. The molecule has 4 nitrogen and oxygen atoms in total. The van der Waals surface area contributed by atoms with E-state index in [2.05, 4.69) is 0 Å². The SMILES string of the molecule is CCOc1ccc(C(C(=O)OCc2cccc(C(=O)c3ccccc3)c2)C(F)(F)C(C)(F)F)cc1. The predicted molar refractivity (Wildman–Crippen MR) is 122 cm³/mol. The molecule has 8 heteroatoms. The largest absolute Gasteiger partial charge is 0.494 e. The first-order chi connectivity index (χ1) is 16.5. The van der Waals surface area contributed by atoms with Gasteiger partial charge in [-0.1, -0.05) is 60.7 Å². The first-order valence-corrected chi connectivity index (χ1v) is 10.9. The second kappa shape index (κ2) is 10.7. The van der Waals surface area contributed by atoms with Gasteiger partial charge in [-0.05, 0) is 36.2 Å². The number of hydrogen-bond donors (Lipinski definition) is 0. The fourth-order valence-corrected chi connectivity index (χ4v) is 3.47. The summed E-state index contributed by atoms with van der Waals surface area (Å²) in [6.07, 6.45) is 0. The molecule has 0 amide bonds. The Morgan fingerprint density at radius 2 is 1.49 bits per heavy atom. The van der Waals surface area contributed by atoms with Crippen molar-refractivity contribution in [2.75, 3.05) is 6.61 Å². The Labute approximate surface area is 200 Å². The van der Waals surface area contributed by atoms with E-state index < -0.39 is 30.3 Å². The Morgan fingerprint density at radius 1 is 0.857 bits per heavy atom. The first kappa shape index (κ1) is 25.9. The number of carbonyl (C=O) groups is 2. The minimum atomic E-state index is -4.72. The smallest absolute Gasteiger partial charge is 0.327 e. The van der Waals surface area contributed by atoms with Crippen molar-refractivity contribution in [1.82, 2.24) is 0 Å². The van der Waals surface area contributed by atoms with E-state index in [0.717, 1.165) is 12.1 Å². The van der Waals surface area contributed by atoms with Crippen LogP contribution in [0.25, 0.3) is 0 Å². The average Bonchev–Trinajstić information content (AvgIpc) is 2.83. The van der Waals surface area contributed by atoms with Gasteiger partial charge in [0.2, 0.25) is 0 Å². The van der Waals surface area contributed by atoms with E-state index in [1.165, 1.54) is 24.3 Å². The Bertz CT molecular complexity index is 1160. The molecule has 0 aliphatic heterocycles. The van der Waals surface area contributed by atoms with E-state index in [9.17, 15) is 27.2 Å². The highest BCUT2D eigenvalue weighted by atomic mass is 19.3. The van der Waals surface area contributed by atoms with Gasteiger partial charge < -0.3 is 9.47 Å². The zero-order chi connectivity index (χ0) is 25.6. The zero-order valence-corrected chi connectivity index (χ0v) is 19.1. The molecule has 0 fully saturated rings. The maximum absolute atomic E-state index is 14.7. The lowest BCUT2D eigenvalue weighted by Crippen LogP contribution is -2.46. The van der Waals surface area contributed by atoms with Crippen LogP contribution in [0.4, 0.5) is 17.6 Å². The predicted octanol–water partition coefficient (Wildman–Crippen LogP) is 6.43. The third-order valence-corrected chi connectivity index (χ3v) is 5.31. The van der Waals surface area contributed by atoms with Crippen LogP contribution in [0.15, 0.2) is 78.9 Å². The van der Waals surface area contributed by atoms with Gasteiger partial charge in [-0.15, -0.1) is 0 Å². The van der Waals surface area contributed by atoms with Crippen molar-refractivity contribution < 1.29 is 36.6 Å². The number of ketones is 1. The second-order valence-corrected chi connectivity index (χ2v) is 7.95. The molecule has 35 heavy (non-hydrogen) atoms. The average molecular weight is 488 g/mol. The van der Waals surface area contributed by atoms with Gasteiger partial charge in [0.25, 0.3) is 0 Å². The lowest BCUT2D eigenvalue weighted by atomic mass is 9.89. The van der Waals surface area contributed by atoms with Gasteiger partial charge in [-0.2, -0.15) is 8.78 Å². The summed E-state index contributed by atoms with van der Waals surface area (Å²) >= 11 is 0. The molecule has 0 aromatic heterocycles. The van der Waals surface area contributed by atoms with Crippen LogP contribution in [0.3, 0.4) is 0 Å². The molecule has 0 aliphatic rings. The van der Waals surface area contributed by atoms with E-state index in [0.29, 0.717) is 29.0 Å². The Balaban J connectivity index is 1.82. The molecule has 0 saturated carbocycles. The van der Waals surface area contributed by atoms with Crippen LogP contribution in [0.2, 0.25) is 0 Å². The first-order valence-electron chi connectivity index (χ1n) is 10.9. The van der Waals surface area contributed by atoms with Crippen LogP contribution in [-0.2, 0) is 16.1 Å². The van der Waals surface area contributed by atoms with Crippen molar-refractivity contribution in [1.29, 1.82) is 0 Å². The Hall–Kier alpha value is -3.68. The molecule has 0 bridgehead atoms. The maximum atomic E-state index is 14.7.